The quantitative estimate of drug-likeness (QED) is 0.845. The summed E-state index contributed by atoms with van der Waals surface area (Å²) in [5, 5.41) is 23.0. The first kappa shape index (κ1) is 15.3. The van der Waals surface area contributed by atoms with E-state index in [0.29, 0.717) is 5.69 Å². The second kappa shape index (κ2) is 6.64. The molecule has 0 saturated carbocycles. The topological polar surface area (TPSA) is 74.7 Å². The summed E-state index contributed by atoms with van der Waals surface area (Å²) in [6.07, 6.45) is 1.18. The van der Waals surface area contributed by atoms with Crippen molar-refractivity contribution in [2.45, 2.75) is 45.5 Å². The minimum atomic E-state index is -0.895. The third-order valence-electron chi connectivity index (χ3n) is 4.00. The number of aliphatic hydroxyl groups is 2. The molecule has 22 heavy (non-hydrogen) atoms. The van der Waals surface area contributed by atoms with Crippen molar-refractivity contribution < 1.29 is 14.6 Å². The molecule has 3 rings (SSSR count). The number of furan rings is 1. The molecule has 120 valence electrons. The summed E-state index contributed by atoms with van der Waals surface area (Å²) in [6.45, 7) is 5.09. The van der Waals surface area contributed by atoms with Crippen molar-refractivity contribution in [1.29, 1.82) is 0 Å². The molecule has 1 aliphatic rings. The van der Waals surface area contributed by atoms with Gasteiger partial charge < -0.3 is 14.6 Å². The van der Waals surface area contributed by atoms with Gasteiger partial charge in [-0.05, 0) is 24.6 Å². The third-order valence-corrected chi connectivity index (χ3v) is 4.00. The van der Waals surface area contributed by atoms with Gasteiger partial charge in [-0.2, -0.15) is 5.10 Å². The van der Waals surface area contributed by atoms with Crippen molar-refractivity contribution in [3.05, 3.63) is 41.1 Å². The van der Waals surface area contributed by atoms with E-state index in [9.17, 15) is 5.11 Å². The molecule has 1 atom stereocenters. The molecule has 6 heteroatoms. The van der Waals surface area contributed by atoms with Crippen LogP contribution < -0.4 is 0 Å². The Hall–Kier alpha value is -1.63. The Morgan fingerprint density at radius 1 is 1.32 bits per heavy atom. The summed E-state index contributed by atoms with van der Waals surface area (Å²) in [5.41, 5.74) is 1.61. The van der Waals surface area contributed by atoms with Crippen LogP contribution in [0.4, 0.5) is 0 Å². The van der Waals surface area contributed by atoms with Crippen molar-refractivity contribution in [2.24, 2.45) is 0 Å². The van der Waals surface area contributed by atoms with Crippen molar-refractivity contribution in [2.75, 3.05) is 13.2 Å². The lowest BCUT2D eigenvalue weighted by Gasteiger charge is -2.26. The normalized spacial score (nSPS) is 16.7. The predicted molar refractivity (Wildman–Crippen MR) is 81.1 cm³/mol. The molecule has 1 aliphatic heterocycles. The van der Waals surface area contributed by atoms with Gasteiger partial charge in [-0.25, -0.2) is 0 Å². The van der Waals surface area contributed by atoms with E-state index in [1.807, 2.05) is 10.7 Å². The maximum atomic E-state index is 9.68. The first-order valence-corrected chi connectivity index (χ1v) is 7.85. The predicted octanol–water partition coefficient (Wildman–Crippen LogP) is 1.47. The van der Waals surface area contributed by atoms with E-state index in [4.69, 9.17) is 9.52 Å². The fourth-order valence-electron chi connectivity index (χ4n) is 2.84. The van der Waals surface area contributed by atoms with E-state index in [-0.39, 0.29) is 6.61 Å². The molecule has 1 unspecified atom stereocenters. The highest BCUT2D eigenvalue weighted by Crippen LogP contribution is 2.20. The van der Waals surface area contributed by atoms with Gasteiger partial charge in [0.1, 0.15) is 17.6 Å². The van der Waals surface area contributed by atoms with Crippen LogP contribution in [0.1, 0.15) is 42.4 Å². The van der Waals surface area contributed by atoms with E-state index in [1.165, 1.54) is 0 Å². The molecule has 6 nitrogen and oxygen atoms in total. The molecule has 0 aromatic carbocycles. The van der Waals surface area contributed by atoms with Gasteiger partial charge in [-0.1, -0.05) is 6.92 Å². The minimum Gasteiger partial charge on any atom is -0.465 e. The molecule has 0 saturated heterocycles. The molecule has 0 amide bonds. The monoisotopic (exact) mass is 305 g/mol. The molecule has 2 aromatic rings. The summed E-state index contributed by atoms with van der Waals surface area (Å²) in [4.78, 5) is 2.31. The zero-order valence-corrected chi connectivity index (χ0v) is 12.9. The number of rotatable bonds is 6. The van der Waals surface area contributed by atoms with E-state index in [1.54, 1.807) is 0 Å². The largest absolute Gasteiger partial charge is 0.465 e. The van der Waals surface area contributed by atoms with Crippen LogP contribution >= 0.6 is 0 Å². The van der Waals surface area contributed by atoms with Gasteiger partial charge in [0.05, 0.1) is 31.1 Å². The molecular formula is C16H23N3O3. The average Bonchev–Trinajstić information content (AvgIpc) is 3.13. The highest BCUT2D eigenvalue weighted by atomic mass is 16.3. The van der Waals surface area contributed by atoms with Gasteiger partial charge in [-0.15, -0.1) is 0 Å². The molecule has 0 radical (unpaired) electrons. The first-order chi connectivity index (χ1) is 10.7. The Labute approximate surface area is 130 Å². The van der Waals surface area contributed by atoms with Gasteiger partial charge in [0.2, 0.25) is 0 Å². The fraction of sp³-hybridized carbons (Fsp3) is 0.562. The van der Waals surface area contributed by atoms with Gasteiger partial charge in [0.25, 0.3) is 0 Å². The fourth-order valence-corrected chi connectivity index (χ4v) is 2.84. The zero-order valence-electron chi connectivity index (χ0n) is 12.9. The van der Waals surface area contributed by atoms with Gasteiger partial charge in [-0.3, -0.25) is 9.58 Å². The van der Waals surface area contributed by atoms with Crippen molar-refractivity contribution in [1.82, 2.24) is 14.7 Å². The number of hydrogen-bond donors (Lipinski definition) is 2. The van der Waals surface area contributed by atoms with Crippen LogP contribution in [0.15, 0.2) is 22.6 Å². The smallest absolute Gasteiger partial charge is 0.121 e. The minimum absolute atomic E-state index is 0.299. The van der Waals surface area contributed by atoms with Gasteiger partial charge in [0.15, 0.2) is 0 Å². The van der Waals surface area contributed by atoms with Crippen LogP contribution in [0, 0.1) is 0 Å². The van der Waals surface area contributed by atoms with E-state index >= 15 is 0 Å². The first-order valence-electron chi connectivity index (χ1n) is 7.85. The molecule has 3 heterocycles. The molecular weight excluding hydrogens is 282 g/mol. The number of aryl methyl sites for hydroxylation is 1. The maximum Gasteiger partial charge on any atom is 0.121 e. The van der Waals surface area contributed by atoms with Crippen molar-refractivity contribution in [3.8, 4) is 0 Å². The van der Waals surface area contributed by atoms with E-state index in [2.05, 4.69) is 29.1 Å². The van der Waals surface area contributed by atoms with E-state index in [0.717, 1.165) is 56.2 Å². The third kappa shape index (κ3) is 3.24. The molecule has 0 bridgehead atoms. The Morgan fingerprint density at radius 2 is 2.14 bits per heavy atom. The van der Waals surface area contributed by atoms with Crippen LogP contribution in [0.25, 0.3) is 0 Å². The number of hydrogen-bond acceptors (Lipinski definition) is 5. The second-order valence-corrected chi connectivity index (χ2v) is 5.81. The Balaban J connectivity index is 1.64. The van der Waals surface area contributed by atoms with E-state index < -0.39 is 6.10 Å². The number of nitrogens with zero attached hydrogens (tertiary/aromatic N) is 3. The van der Waals surface area contributed by atoms with Gasteiger partial charge >= 0.3 is 0 Å². The number of aromatic nitrogens is 2. The Kier molecular flexibility index (Phi) is 4.61. The lowest BCUT2D eigenvalue weighted by Crippen LogP contribution is -2.33. The van der Waals surface area contributed by atoms with Gasteiger partial charge in [0, 0.05) is 19.5 Å². The molecule has 0 spiro atoms. The molecule has 2 aromatic heterocycles. The van der Waals surface area contributed by atoms with Crippen LogP contribution in [-0.4, -0.2) is 38.0 Å². The van der Waals surface area contributed by atoms with Crippen LogP contribution in [-0.2, 0) is 26.1 Å². The summed E-state index contributed by atoms with van der Waals surface area (Å²) in [5.74, 6) is 2.04. The maximum absolute atomic E-state index is 9.68. The molecule has 0 aliphatic carbocycles. The second-order valence-electron chi connectivity index (χ2n) is 5.81. The Morgan fingerprint density at radius 3 is 2.91 bits per heavy atom. The van der Waals surface area contributed by atoms with Crippen molar-refractivity contribution in [3.63, 3.8) is 0 Å². The number of aliphatic hydroxyl groups excluding tert-OH is 2. The lowest BCUT2D eigenvalue weighted by molar-refractivity contribution is 0.0915. The SMILES string of the molecule is CCCc1ccc(CN2CCn3nc(C(O)CO)cc3C2)o1. The van der Waals surface area contributed by atoms with Crippen LogP contribution in [0.5, 0.6) is 0 Å². The lowest BCUT2D eigenvalue weighted by atomic mass is 10.2. The van der Waals surface area contributed by atoms with Crippen LogP contribution in [0.3, 0.4) is 0 Å². The summed E-state index contributed by atoms with van der Waals surface area (Å²) < 4.78 is 7.75. The highest BCUT2D eigenvalue weighted by Gasteiger charge is 2.21. The molecule has 2 N–H and O–H groups in total. The van der Waals surface area contributed by atoms with Crippen molar-refractivity contribution >= 4 is 0 Å². The highest BCUT2D eigenvalue weighted by molar-refractivity contribution is 5.15. The summed E-state index contributed by atoms with van der Waals surface area (Å²) in [6, 6.07) is 5.98. The standard InChI is InChI=1S/C16H23N3O3/c1-2-3-13-4-5-14(22-13)10-18-6-7-19-12(9-18)8-15(17-19)16(21)11-20/h4-5,8,16,20-21H,2-3,6-7,9-11H2,1H3. The van der Waals surface area contributed by atoms with Crippen LogP contribution in [0.2, 0.25) is 0 Å². The zero-order chi connectivity index (χ0) is 15.5. The Bertz CT molecular complexity index is 620. The summed E-state index contributed by atoms with van der Waals surface area (Å²) in [7, 11) is 0. The number of fused-ring (bicyclic) bond motifs is 1. The summed E-state index contributed by atoms with van der Waals surface area (Å²) >= 11 is 0. The molecule has 0 fully saturated rings. The average molecular weight is 305 g/mol.